The second-order valence-corrected chi connectivity index (χ2v) is 30.1. The Morgan fingerprint density at radius 3 is 1.12 bits per heavy atom. The average Bonchev–Trinajstić information content (AvgIpc) is 1.63. The van der Waals surface area contributed by atoms with Crippen molar-refractivity contribution in [2.45, 2.75) is 286 Å². The lowest BCUT2D eigenvalue weighted by Crippen LogP contribution is -2.65. The lowest BCUT2D eigenvalue weighted by Gasteiger charge is -2.45. The Balaban J connectivity index is 0.000000663. The number of likely N-dealkylation sites (N-methyl/N-ethyl adjacent to an activating group) is 3. The number of carbonyl (C=O) groups excluding carboxylic acids is 4. The molecule has 28 heteroatoms. The third-order valence-electron chi connectivity index (χ3n) is 20.0. The van der Waals surface area contributed by atoms with Gasteiger partial charge in [0.25, 0.3) is 0 Å². The fraction of sp³-hybridized carbons (Fsp3) is 0.940. The number of rotatable bonds is 25. The molecule has 0 radical (unpaired) electrons. The van der Waals surface area contributed by atoms with Crippen molar-refractivity contribution >= 4 is 70.9 Å². The van der Waals surface area contributed by atoms with Crippen molar-refractivity contribution in [2.24, 2.45) is 41.2 Å². The van der Waals surface area contributed by atoms with Crippen molar-refractivity contribution < 1.29 is 74.5 Å². The molecule has 9 fully saturated rings. The largest absolute Gasteiger partial charge is 0.388 e. The Bertz CT molecular complexity index is 2030. The Morgan fingerprint density at radius 1 is 0.516 bits per heavy atom. The minimum Gasteiger partial charge on any atom is -0.388 e. The fourth-order valence-electron chi connectivity index (χ4n) is 13.8. The highest BCUT2D eigenvalue weighted by molar-refractivity contribution is 7.99. The van der Waals surface area contributed by atoms with Gasteiger partial charge in [-0.15, -0.1) is 46.9 Å². The zero-order valence-corrected chi connectivity index (χ0v) is 60.5. The summed E-state index contributed by atoms with van der Waals surface area (Å²) in [5.74, 6) is 2.54. The molecule has 9 rings (SSSR count). The molecule has 3 saturated carbocycles. The molecular weight excluding hydrogens is 1300 g/mol. The van der Waals surface area contributed by atoms with Crippen molar-refractivity contribution in [1.29, 1.82) is 0 Å². The Hall–Kier alpha value is -1.26. The van der Waals surface area contributed by atoms with E-state index in [0.717, 1.165) is 109 Å². The summed E-state index contributed by atoms with van der Waals surface area (Å²) in [4.78, 5) is 57.2. The van der Waals surface area contributed by atoms with E-state index >= 15 is 0 Å². The number of nitrogens with one attached hydrogen (secondary N) is 5. The fourth-order valence-corrected chi connectivity index (χ4v) is 16.0. The first-order chi connectivity index (χ1) is 43.9. The molecule has 0 spiro atoms. The molecule has 0 aromatic heterocycles. The number of amides is 3. The van der Waals surface area contributed by atoms with Crippen LogP contribution in [0.1, 0.15) is 160 Å². The minimum atomic E-state index is -1.31. The van der Waals surface area contributed by atoms with Crippen LogP contribution in [0.2, 0.25) is 0 Å². The van der Waals surface area contributed by atoms with Crippen LogP contribution in [0.5, 0.6) is 0 Å². The lowest BCUT2D eigenvalue weighted by atomic mass is 9.77. The van der Waals surface area contributed by atoms with Crippen LogP contribution in [0.15, 0.2) is 0 Å². The number of alkyl halides is 1. The first-order valence-electron chi connectivity index (χ1n) is 33.8. The summed E-state index contributed by atoms with van der Waals surface area (Å²) in [6, 6.07) is -0.635. The number of nitrogens with zero attached hydrogens (tertiary/aromatic N) is 3. The second-order valence-electron chi connectivity index (χ2n) is 27.3. The van der Waals surface area contributed by atoms with Gasteiger partial charge in [0.2, 0.25) is 17.7 Å². The third-order valence-corrected chi connectivity index (χ3v) is 22.7. The number of aldehydes is 1. The number of aliphatic hydroxyl groups excluding tert-OH is 6. The van der Waals surface area contributed by atoms with Crippen LogP contribution in [-0.4, -0.2) is 284 Å². The minimum absolute atomic E-state index is 0. The van der Waals surface area contributed by atoms with Crippen LogP contribution in [0.25, 0.3) is 0 Å². The molecule has 6 heterocycles. The number of ether oxygens (including phenoxy) is 3. The van der Waals surface area contributed by atoms with Crippen molar-refractivity contribution in [3.63, 3.8) is 0 Å². The molecule has 3 amide bonds. The summed E-state index contributed by atoms with van der Waals surface area (Å²) in [6.07, 6.45) is 14.8. The molecule has 0 aromatic carbocycles. The zero-order valence-electron chi connectivity index (χ0n) is 57.3. The molecule has 95 heavy (non-hydrogen) atoms. The lowest BCUT2D eigenvalue weighted by molar-refractivity contribution is -0.205. The normalized spacial score (nSPS) is 36.1. The maximum atomic E-state index is 13.1. The van der Waals surface area contributed by atoms with Gasteiger partial charge in [0.15, 0.2) is 0 Å². The predicted molar refractivity (Wildman–Crippen MR) is 387 cm³/mol. The van der Waals surface area contributed by atoms with Gasteiger partial charge in [-0.1, -0.05) is 83.1 Å². The molecule has 6 unspecified atom stereocenters. The van der Waals surface area contributed by atoms with E-state index in [0.29, 0.717) is 60.8 Å². The number of aliphatic hydroxyl groups is 6. The highest BCUT2D eigenvalue weighted by Gasteiger charge is 2.50. The van der Waals surface area contributed by atoms with Crippen LogP contribution in [0.4, 0.5) is 0 Å². The van der Waals surface area contributed by atoms with Gasteiger partial charge in [0, 0.05) is 57.2 Å². The van der Waals surface area contributed by atoms with Crippen LogP contribution >= 0.6 is 46.9 Å². The smallest absolute Gasteiger partial charge is 0.238 e. The molecule has 0 bridgehead atoms. The summed E-state index contributed by atoms with van der Waals surface area (Å²) < 4.78 is 18.1. The molecule has 562 valence electrons. The van der Waals surface area contributed by atoms with Crippen molar-refractivity contribution in [3.05, 3.63) is 0 Å². The van der Waals surface area contributed by atoms with Gasteiger partial charge in [-0.25, -0.2) is 0 Å². The number of likely N-dealkylation sites (tertiary alicyclic amines) is 3. The van der Waals surface area contributed by atoms with Crippen molar-refractivity contribution in [2.75, 3.05) is 79.0 Å². The van der Waals surface area contributed by atoms with E-state index in [4.69, 9.17) is 30.5 Å². The van der Waals surface area contributed by atoms with Crippen LogP contribution in [-0.2, 0) is 33.4 Å². The molecular formula is C67H134ClN9O15S3. The molecule has 3 aliphatic carbocycles. The third kappa shape index (κ3) is 27.5. The highest BCUT2D eigenvalue weighted by Crippen LogP contribution is 2.40. The molecule has 24 atom stereocenters. The molecule has 24 nitrogen and oxygen atoms in total. The second kappa shape index (κ2) is 46.4. The number of hydrogen-bond acceptors (Lipinski definition) is 24. The van der Waals surface area contributed by atoms with Crippen molar-refractivity contribution in [3.8, 4) is 0 Å². The SMILES string of the molecule is C.C.C.CCC[C@@H]1C[C@@H](C(=O)N[C@@H](CNC2CC2)[C@H]2OC(SC)[C@H](O)[C@H](O)C2O)N(C)C1.CCC[C@@H]1C[C@@H](C(=O)N[C@H](C=O)[C@H]2OC(SC)[C@H](C)[C@H](C)C2C)N(C)C1.CCC[C@@H]1C[C@@H](C(=O)N[C@H](CNC2CC2)[C@H]2OC(SC)[C@H](O)[C@H](O)C2O)N(C)C1.CCl.NC1CC1.OO. The summed E-state index contributed by atoms with van der Waals surface area (Å²) >= 11 is 8.89. The van der Waals surface area contributed by atoms with Gasteiger partial charge in [0.05, 0.1) is 36.3 Å². The Kier molecular flexibility index (Phi) is 44.8. The van der Waals surface area contributed by atoms with Crippen LogP contribution in [0, 0.1) is 35.5 Å². The van der Waals surface area contributed by atoms with E-state index in [1.54, 1.807) is 24.3 Å². The standard InChI is InChI=1S/2C20H37N3O5S.C20H36N2O3S.C3H7N.CH3Cl.3CH4.H2O2/c2*1-4-5-11-8-14(23(2)10-11)19(27)22-13(9-21-12-6-7-12)18-16(25)15(24)17(26)20(28-18)29-3;1-7-8-15-9-17(22(5)10-15)19(24)21-16(11-23)18-13(3)12(2)14(4)20(25-18)26-6;4-3-1-2-3;1-2;;;;1-2/h2*11-18,20-21,24-26H,4-10H2,1-3H3,(H,22,27);11-18,20H,7-10H2,1-6H3,(H,21,24);3H,1-2,4H2;1H3;3*1H4;1-2H/t11-,13+,14+,15-,16?,17-,18-,20?;11-,13-,14+,15-,16?,17-,18-,20?;12-,13?,14-,15-,16-,17+,18+,20?;;;;;;/m111....../s1. The topological polar surface area (TPSA) is 354 Å². The first-order valence-corrected chi connectivity index (χ1v) is 38.5. The van der Waals surface area contributed by atoms with Gasteiger partial charge in [-0.05, 0) is 152 Å². The molecule has 0 aromatic rings. The quantitative estimate of drug-likeness (QED) is 0.0255. The average molecular weight is 1440 g/mol. The van der Waals surface area contributed by atoms with E-state index in [-0.39, 0.29) is 75.6 Å². The van der Waals surface area contributed by atoms with E-state index in [1.165, 1.54) is 42.7 Å². The molecule has 6 aliphatic heterocycles. The van der Waals surface area contributed by atoms with Crippen LogP contribution in [0.3, 0.4) is 0 Å². The molecule has 15 N–H and O–H groups in total. The van der Waals surface area contributed by atoms with Gasteiger partial charge in [-0.2, -0.15) is 0 Å². The number of nitrogens with two attached hydrogens (primary N) is 1. The summed E-state index contributed by atoms with van der Waals surface area (Å²) in [5.41, 5.74) is 3.98. The van der Waals surface area contributed by atoms with Gasteiger partial charge in [0.1, 0.15) is 77.5 Å². The number of carbonyl (C=O) groups is 4. The van der Waals surface area contributed by atoms with Crippen molar-refractivity contribution in [1.82, 2.24) is 41.3 Å². The number of halogens is 1. The maximum Gasteiger partial charge on any atom is 0.238 e. The summed E-state index contributed by atoms with van der Waals surface area (Å²) in [5, 5.41) is 90.0. The molecule has 9 aliphatic rings. The zero-order chi connectivity index (χ0) is 68.7. The summed E-state index contributed by atoms with van der Waals surface area (Å²) in [6.45, 7) is 16.8. The first kappa shape index (κ1) is 91.8. The number of thioether (sulfide) groups is 3. The van der Waals surface area contributed by atoms with E-state index in [9.17, 15) is 49.8 Å². The van der Waals surface area contributed by atoms with Gasteiger partial charge < -0.3 is 82.0 Å². The van der Waals surface area contributed by atoms with Crippen LogP contribution < -0.4 is 32.3 Å². The Morgan fingerprint density at radius 2 is 0.832 bits per heavy atom. The van der Waals surface area contributed by atoms with E-state index in [1.807, 2.05) is 27.4 Å². The van der Waals surface area contributed by atoms with Gasteiger partial charge in [-0.3, -0.25) is 39.6 Å². The summed E-state index contributed by atoms with van der Waals surface area (Å²) in [7, 11) is 5.96. The van der Waals surface area contributed by atoms with E-state index < -0.39 is 77.8 Å². The maximum absolute atomic E-state index is 13.1. The van der Waals surface area contributed by atoms with E-state index in [2.05, 4.69) is 94.4 Å². The monoisotopic (exact) mass is 1440 g/mol. The van der Waals surface area contributed by atoms with Gasteiger partial charge >= 0.3 is 0 Å². The Labute approximate surface area is 589 Å². The molecule has 6 saturated heterocycles. The number of hydrogen-bond donors (Lipinski definition) is 14. The highest BCUT2D eigenvalue weighted by atomic mass is 35.5. The predicted octanol–water partition coefficient (Wildman–Crippen LogP) is 4.70.